The summed E-state index contributed by atoms with van der Waals surface area (Å²) in [7, 11) is -3.31. The number of allylic oxidation sites excluding steroid dienone is 1. The molecule has 1 aliphatic rings. The molecule has 0 aliphatic carbocycles. The number of benzene rings is 1. The van der Waals surface area contributed by atoms with E-state index in [9.17, 15) is 8.42 Å². The van der Waals surface area contributed by atoms with Crippen molar-refractivity contribution in [3.8, 4) is 0 Å². The van der Waals surface area contributed by atoms with E-state index in [0.29, 0.717) is 6.54 Å². The fourth-order valence-electron chi connectivity index (χ4n) is 2.39. The van der Waals surface area contributed by atoms with Gasteiger partial charge in [0.05, 0.1) is 18.6 Å². The van der Waals surface area contributed by atoms with E-state index in [-0.39, 0.29) is 17.9 Å². The first-order valence-electron chi connectivity index (χ1n) is 8.12. The summed E-state index contributed by atoms with van der Waals surface area (Å²) in [5.74, 6) is -0.00444. The minimum Gasteiger partial charge on any atom is -0.497 e. The highest BCUT2D eigenvalue weighted by Crippen LogP contribution is 2.15. The second kappa shape index (κ2) is 8.36. The Morgan fingerprint density at radius 1 is 1.39 bits per heavy atom. The summed E-state index contributed by atoms with van der Waals surface area (Å²) in [5, 5.41) is 3.32. The first-order valence-corrected chi connectivity index (χ1v) is 9.77. The van der Waals surface area contributed by atoms with Gasteiger partial charge in [-0.3, -0.25) is 0 Å². The van der Waals surface area contributed by atoms with E-state index in [0.717, 1.165) is 30.5 Å². The van der Waals surface area contributed by atoms with Gasteiger partial charge in [-0.2, -0.15) is 0 Å². The van der Waals surface area contributed by atoms with Gasteiger partial charge in [-0.1, -0.05) is 19.1 Å². The van der Waals surface area contributed by atoms with E-state index in [2.05, 4.69) is 10.0 Å². The van der Waals surface area contributed by atoms with Gasteiger partial charge >= 0.3 is 0 Å². The van der Waals surface area contributed by atoms with Crippen LogP contribution in [0.5, 0.6) is 0 Å². The van der Waals surface area contributed by atoms with Crippen molar-refractivity contribution >= 4 is 15.7 Å². The predicted octanol–water partition coefficient (Wildman–Crippen LogP) is 3.01. The molecule has 0 amide bonds. The topological polar surface area (TPSA) is 67.4 Å². The molecule has 2 atom stereocenters. The molecule has 0 fully saturated rings. The highest BCUT2D eigenvalue weighted by atomic mass is 32.2. The maximum Gasteiger partial charge on any atom is 0.216 e. The maximum absolute atomic E-state index is 12.1. The van der Waals surface area contributed by atoms with Gasteiger partial charge in [-0.15, -0.1) is 0 Å². The second-order valence-electron chi connectivity index (χ2n) is 5.97. The molecule has 23 heavy (non-hydrogen) atoms. The summed E-state index contributed by atoms with van der Waals surface area (Å²) in [6, 6.07) is 7.49. The first kappa shape index (κ1) is 17.8. The van der Waals surface area contributed by atoms with Gasteiger partial charge in [0.15, 0.2) is 0 Å². The lowest BCUT2D eigenvalue weighted by molar-refractivity contribution is 0.135. The monoisotopic (exact) mass is 338 g/mol. The van der Waals surface area contributed by atoms with Crippen LogP contribution in [-0.2, 0) is 20.5 Å². The first-order chi connectivity index (χ1) is 11.0. The molecule has 2 rings (SSSR count). The molecule has 0 radical (unpaired) electrons. The Balaban J connectivity index is 1.92. The third kappa shape index (κ3) is 6.23. The predicted molar refractivity (Wildman–Crippen MR) is 93.7 cm³/mol. The zero-order chi connectivity index (χ0) is 16.7. The van der Waals surface area contributed by atoms with Crippen LogP contribution in [0.15, 0.2) is 36.6 Å². The standard InChI is InChI=1S/C17H26N2O3S/c1-3-14(2)19-23(20,21)13-15-7-6-8-16(11-15)18-12-17-9-4-5-10-22-17/h5-8,10-11,14,17-19H,3-4,9,12-13H2,1-2H3. The highest BCUT2D eigenvalue weighted by molar-refractivity contribution is 7.88. The Bertz CT molecular complexity index is 628. The summed E-state index contributed by atoms with van der Waals surface area (Å²) in [6.07, 6.45) is 6.74. The summed E-state index contributed by atoms with van der Waals surface area (Å²) < 4.78 is 32.5. The summed E-state index contributed by atoms with van der Waals surface area (Å²) in [5.41, 5.74) is 1.69. The molecule has 2 unspecified atom stereocenters. The van der Waals surface area contributed by atoms with Crippen molar-refractivity contribution in [2.75, 3.05) is 11.9 Å². The van der Waals surface area contributed by atoms with Crippen molar-refractivity contribution in [2.24, 2.45) is 0 Å². The van der Waals surface area contributed by atoms with Crippen LogP contribution < -0.4 is 10.0 Å². The fraction of sp³-hybridized carbons (Fsp3) is 0.529. The third-order valence-electron chi connectivity index (χ3n) is 3.83. The molecular formula is C17H26N2O3S. The van der Waals surface area contributed by atoms with Gasteiger partial charge in [0, 0.05) is 11.7 Å². The van der Waals surface area contributed by atoms with Crippen LogP contribution in [0.3, 0.4) is 0 Å². The van der Waals surface area contributed by atoms with Crippen LogP contribution >= 0.6 is 0 Å². The average molecular weight is 338 g/mol. The van der Waals surface area contributed by atoms with E-state index < -0.39 is 10.0 Å². The molecule has 0 saturated heterocycles. The van der Waals surface area contributed by atoms with E-state index in [4.69, 9.17) is 4.74 Å². The summed E-state index contributed by atoms with van der Waals surface area (Å²) in [6.45, 7) is 4.54. The van der Waals surface area contributed by atoms with Crippen molar-refractivity contribution < 1.29 is 13.2 Å². The molecule has 1 aromatic carbocycles. The Hall–Kier alpha value is -1.53. The SMILES string of the molecule is CCC(C)NS(=O)(=O)Cc1cccc(NCC2CCC=CO2)c1. The van der Waals surface area contributed by atoms with Gasteiger partial charge in [0.2, 0.25) is 10.0 Å². The van der Waals surface area contributed by atoms with Crippen LogP contribution in [0, 0.1) is 0 Å². The van der Waals surface area contributed by atoms with Crippen LogP contribution in [0.25, 0.3) is 0 Å². The molecule has 0 spiro atoms. The van der Waals surface area contributed by atoms with E-state index in [1.54, 1.807) is 6.26 Å². The number of sulfonamides is 1. The number of rotatable bonds is 8. The van der Waals surface area contributed by atoms with Crippen molar-refractivity contribution in [2.45, 2.75) is 51.0 Å². The molecule has 2 N–H and O–H groups in total. The molecule has 1 aromatic rings. The van der Waals surface area contributed by atoms with E-state index >= 15 is 0 Å². The van der Waals surface area contributed by atoms with Crippen molar-refractivity contribution in [3.05, 3.63) is 42.2 Å². The van der Waals surface area contributed by atoms with Gasteiger partial charge < -0.3 is 10.1 Å². The lowest BCUT2D eigenvalue weighted by Gasteiger charge is -2.20. The van der Waals surface area contributed by atoms with Crippen molar-refractivity contribution in [1.82, 2.24) is 4.72 Å². The van der Waals surface area contributed by atoms with E-state index in [1.165, 1.54) is 0 Å². The number of hydrogen-bond donors (Lipinski definition) is 2. The Kier molecular flexibility index (Phi) is 6.47. The normalized spacial score (nSPS) is 19.1. The molecule has 0 aromatic heterocycles. The van der Waals surface area contributed by atoms with Crippen LogP contribution in [-0.4, -0.2) is 27.1 Å². The van der Waals surface area contributed by atoms with E-state index in [1.807, 2.05) is 44.2 Å². The number of hydrogen-bond acceptors (Lipinski definition) is 4. The third-order valence-corrected chi connectivity index (χ3v) is 5.31. The molecule has 5 nitrogen and oxygen atoms in total. The van der Waals surface area contributed by atoms with Crippen molar-refractivity contribution in [1.29, 1.82) is 0 Å². The van der Waals surface area contributed by atoms with Gasteiger partial charge in [0.25, 0.3) is 0 Å². The van der Waals surface area contributed by atoms with Gasteiger partial charge in [0.1, 0.15) is 6.10 Å². The number of nitrogens with one attached hydrogen (secondary N) is 2. The second-order valence-corrected chi connectivity index (χ2v) is 7.73. The average Bonchev–Trinajstić information content (AvgIpc) is 2.53. The molecule has 0 saturated carbocycles. The Labute approximate surface area is 139 Å². The number of ether oxygens (including phenoxy) is 1. The van der Waals surface area contributed by atoms with Crippen LogP contribution in [0.1, 0.15) is 38.7 Å². The maximum atomic E-state index is 12.1. The van der Waals surface area contributed by atoms with Crippen LogP contribution in [0.4, 0.5) is 5.69 Å². The quantitative estimate of drug-likeness (QED) is 0.764. The minimum absolute atomic E-state index is 0.00444. The molecule has 0 bridgehead atoms. The fourth-order valence-corrected chi connectivity index (χ4v) is 3.87. The smallest absolute Gasteiger partial charge is 0.216 e. The molecular weight excluding hydrogens is 312 g/mol. The lowest BCUT2D eigenvalue weighted by atomic mass is 10.1. The highest BCUT2D eigenvalue weighted by Gasteiger charge is 2.15. The molecule has 1 aliphatic heterocycles. The summed E-state index contributed by atoms with van der Waals surface area (Å²) in [4.78, 5) is 0. The minimum atomic E-state index is -3.31. The summed E-state index contributed by atoms with van der Waals surface area (Å²) >= 11 is 0. The largest absolute Gasteiger partial charge is 0.497 e. The molecule has 128 valence electrons. The Morgan fingerprint density at radius 2 is 2.22 bits per heavy atom. The Morgan fingerprint density at radius 3 is 2.91 bits per heavy atom. The lowest BCUT2D eigenvalue weighted by Crippen LogP contribution is -2.33. The van der Waals surface area contributed by atoms with Crippen molar-refractivity contribution in [3.63, 3.8) is 0 Å². The number of anilines is 1. The van der Waals surface area contributed by atoms with Gasteiger partial charge in [-0.05, 0) is 50.0 Å². The van der Waals surface area contributed by atoms with Gasteiger partial charge in [-0.25, -0.2) is 13.1 Å². The zero-order valence-corrected chi connectivity index (χ0v) is 14.6. The van der Waals surface area contributed by atoms with Crippen LogP contribution in [0.2, 0.25) is 0 Å². The zero-order valence-electron chi connectivity index (χ0n) is 13.8. The molecule has 1 heterocycles. The molecule has 6 heteroatoms.